The Bertz CT molecular complexity index is 966. The number of Topliss-reactive ketones (excluding diaryl/α,β-unsaturated/α-hetero) is 1. The van der Waals surface area contributed by atoms with Crippen molar-refractivity contribution in [1.82, 2.24) is 9.88 Å². The van der Waals surface area contributed by atoms with Crippen molar-refractivity contribution in [2.75, 3.05) is 26.9 Å². The molecule has 154 valence electrons. The third-order valence-electron chi connectivity index (χ3n) is 4.71. The summed E-state index contributed by atoms with van der Waals surface area (Å²) in [7, 11) is 1.53. The van der Waals surface area contributed by atoms with Gasteiger partial charge in [0, 0.05) is 19.2 Å². The van der Waals surface area contributed by atoms with Gasteiger partial charge < -0.3 is 19.5 Å². The van der Waals surface area contributed by atoms with E-state index in [9.17, 15) is 14.7 Å². The largest absolute Gasteiger partial charge is 0.503 e. The van der Waals surface area contributed by atoms with Crippen molar-refractivity contribution in [2.24, 2.45) is 0 Å². The second kappa shape index (κ2) is 8.75. The first-order valence-corrected chi connectivity index (χ1v) is 10.2. The minimum atomic E-state index is -0.769. The molecule has 1 aromatic heterocycles. The number of aliphatic hydroxyl groups is 1. The summed E-state index contributed by atoms with van der Waals surface area (Å²) >= 11 is 1.25. The number of hydrogen-bond acceptors (Lipinski definition) is 7. The molecule has 1 unspecified atom stereocenters. The van der Waals surface area contributed by atoms with E-state index in [1.54, 1.807) is 19.1 Å². The number of benzene rings is 1. The second-order valence-corrected chi connectivity index (χ2v) is 7.81. The number of ketones is 1. The molecule has 29 heavy (non-hydrogen) atoms. The molecule has 1 aliphatic heterocycles. The molecule has 0 fully saturated rings. The summed E-state index contributed by atoms with van der Waals surface area (Å²) < 4.78 is 10.9. The monoisotopic (exact) mass is 416 g/mol. The van der Waals surface area contributed by atoms with Crippen LogP contribution in [0.25, 0.3) is 0 Å². The molecular formula is C21H24N2O5S. The molecule has 1 aliphatic rings. The van der Waals surface area contributed by atoms with Gasteiger partial charge in [-0.3, -0.25) is 9.59 Å². The Morgan fingerprint density at radius 3 is 2.66 bits per heavy atom. The lowest BCUT2D eigenvalue weighted by Crippen LogP contribution is -2.34. The zero-order chi connectivity index (χ0) is 21.1. The van der Waals surface area contributed by atoms with Gasteiger partial charge in [0.05, 0.1) is 40.4 Å². The number of amides is 1. The standard InChI is InChI=1S/C21H24N2O5S/c1-5-28-15-9-7-6-8-14(15)17-16(18(24)20-12(2)22-13(3)29-20)19(25)21(26)23(17)10-11-27-4/h6-9,17,25H,5,10-11H2,1-4H3. The lowest BCUT2D eigenvalue weighted by Gasteiger charge is -2.27. The van der Waals surface area contributed by atoms with Crippen LogP contribution in [0.2, 0.25) is 0 Å². The summed E-state index contributed by atoms with van der Waals surface area (Å²) in [6.45, 7) is 6.35. The number of aromatic nitrogens is 1. The third-order valence-corrected chi connectivity index (χ3v) is 5.78. The van der Waals surface area contributed by atoms with Gasteiger partial charge in [-0.25, -0.2) is 4.98 Å². The molecule has 0 saturated heterocycles. The Balaban J connectivity index is 2.15. The normalized spacial score (nSPS) is 16.6. The van der Waals surface area contributed by atoms with Gasteiger partial charge >= 0.3 is 0 Å². The smallest absolute Gasteiger partial charge is 0.290 e. The highest BCUT2D eigenvalue weighted by Gasteiger charge is 2.45. The maximum atomic E-state index is 13.4. The predicted molar refractivity (Wildman–Crippen MR) is 110 cm³/mol. The van der Waals surface area contributed by atoms with Gasteiger partial charge in [0.15, 0.2) is 5.76 Å². The Morgan fingerprint density at radius 1 is 1.31 bits per heavy atom. The number of carbonyl (C=O) groups excluding carboxylic acids is 2. The number of nitrogens with zero attached hydrogens (tertiary/aromatic N) is 2. The molecule has 3 rings (SSSR count). The summed E-state index contributed by atoms with van der Waals surface area (Å²) in [4.78, 5) is 32.5. The summed E-state index contributed by atoms with van der Waals surface area (Å²) in [6.07, 6.45) is 0. The van der Waals surface area contributed by atoms with E-state index >= 15 is 0 Å². The lowest BCUT2D eigenvalue weighted by molar-refractivity contribution is -0.130. The minimum absolute atomic E-state index is 0.0463. The topological polar surface area (TPSA) is 89.0 Å². The SMILES string of the molecule is CCOc1ccccc1C1C(C(=O)c2sc(C)nc2C)=C(O)C(=O)N1CCOC. The van der Waals surface area contributed by atoms with E-state index in [2.05, 4.69) is 4.98 Å². The van der Waals surface area contributed by atoms with Crippen LogP contribution in [-0.4, -0.2) is 53.5 Å². The maximum Gasteiger partial charge on any atom is 0.290 e. The van der Waals surface area contributed by atoms with Crippen LogP contribution in [0.5, 0.6) is 5.75 Å². The fourth-order valence-corrected chi connectivity index (χ4v) is 4.36. The van der Waals surface area contributed by atoms with Crippen molar-refractivity contribution in [3.05, 3.63) is 56.7 Å². The van der Waals surface area contributed by atoms with Crippen LogP contribution in [0.15, 0.2) is 35.6 Å². The van der Waals surface area contributed by atoms with E-state index in [0.717, 1.165) is 5.01 Å². The van der Waals surface area contributed by atoms with Crippen molar-refractivity contribution in [3.8, 4) is 5.75 Å². The number of para-hydroxylation sites is 1. The van der Waals surface area contributed by atoms with Crippen LogP contribution in [0.1, 0.15) is 38.9 Å². The number of rotatable bonds is 8. The summed E-state index contributed by atoms with van der Waals surface area (Å²) in [5.74, 6) is -0.962. The van der Waals surface area contributed by atoms with E-state index in [0.29, 0.717) is 28.5 Å². The second-order valence-electron chi connectivity index (χ2n) is 6.60. The van der Waals surface area contributed by atoms with E-state index in [-0.39, 0.29) is 18.7 Å². The van der Waals surface area contributed by atoms with Crippen LogP contribution >= 0.6 is 11.3 Å². The molecule has 8 heteroatoms. The molecule has 0 spiro atoms. The van der Waals surface area contributed by atoms with Gasteiger partial charge in [0.25, 0.3) is 5.91 Å². The highest BCUT2D eigenvalue weighted by atomic mass is 32.1. The zero-order valence-electron chi connectivity index (χ0n) is 16.9. The molecule has 1 aromatic carbocycles. The van der Waals surface area contributed by atoms with Crippen molar-refractivity contribution < 1.29 is 24.2 Å². The fourth-order valence-electron chi connectivity index (χ4n) is 3.49. The van der Waals surface area contributed by atoms with Gasteiger partial charge in [0.1, 0.15) is 5.75 Å². The first-order chi connectivity index (χ1) is 13.9. The highest BCUT2D eigenvalue weighted by Crippen LogP contribution is 2.43. The van der Waals surface area contributed by atoms with Crippen molar-refractivity contribution in [3.63, 3.8) is 0 Å². The number of thiazole rings is 1. The Hall–Kier alpha value is -2.71. The molecule has 1 N–H and O–H groups in total. The number of aliphatic hydroxyl groups excluding tert-OH is 1. The van der Waals surface area contributed by atoms with Crippen molar-refractivity contribution in [1.29, 1.82) is 0 Å². The summed E-state index contributed by atoms with van der Waals surface area (Å²) in [6, 6.07) is 6.47. The molecule has 2 aromatic rings. The molecule has 0 saturated carbocycles. The average molecular weight is 416 g/mol. The fraction of sp³-hybridized carbons (Fsp3) is 0.381. The van der Waals surface area contributed by atoms with Gasteiger partial charge in [-0.05, 0) is 26.8 Å². The molecule has 2 heterocycles. The summed E-state index contributed by atoms with van der Waals surface area (Å²) in [5.41, 5.74) is 1.27. The van der Waals surface area contributed by atoms with Crippen LogP contribution < -0.4 is 4.74 Å². The summed E-state index contributed by atoms with van der Waals surface area (Å²) in [5, 5.41) is 11.4. The molecule has 1 atom stereocenters. The first kappa shape index (κ1) is 21.0. The average Bonchev–Trinajstić information content (AvgIpc) is 3.16. The number of ether oxygens (including phenoxy) is 2. The molecule has 0 radical (unpaired) electrons. The zero-order valence-corrected chi connectivity index (χ0v) is 17.7. The number of hydrogen-bond donors (Lipinski definition) is 1. The number of aryl methyl sites for hydroxylation is 2. The van der Waals surface area contributed by atoms with Crippen molar-refractivity contribution >= 4 is 23.0 Å². The van der Waals surface area contributed by atoms with E-state index in [4.69, 9.17) is 9.47 Å². The number of carbonyl (C=O) groups is 2. The van der Waals surface area contributed by atoms with Crippen LogP contribution in [-0.2, 0) is 9.53 Å². The molecule has 0 bridgehead atoms. The lowest BCUT2D eigenvalue weighted by atomic mass is 9.94. The minimum Gasteiger partial charge on any atom is -0.503 e. The predicted octanol–water partition coefficient (Wildman–Crippen LogP) is 3.38. The maximum absolute atomic E-state index is 13.4. The molecule has 0 aliphatic carbocycles. The molecule has 1 amide bonds. The van der Waals surface area contributed by atoms with Gasteiger partial charge in [-0.1, -0.05) is 18.2 Å². The quantitative estimate of drug-likeness (QED) is 0.664. The van der Waals surface area contributed by atoms with Crippen LogP contribution in [0, 0.1) is 13.8 Å². The highest BCUT2D eigenvalue weighted by molar-refractivity contribution is 7.14. The van der Waals surface area contributed by atoms with E-state index in [1.165, 1.54) is 23.3 Å². The van der Waals surface area contributed by atoms with Gasteiger partial charge in [-0.2, -0.15) is 0 Å². The Kier molecular flexibility index (Phi) is 6.34. The van der Waals surface area contributed by atoms with Crippen molar-refractivity contribution in [2.45, 2.75) is 26.8 Å². The molecule has 7 nitrogen and oxygen atoms in total. The van der Waals surface area contributed by atoms with Crippen LogP contribution in [0.4, 0.5) is 0 Å². The van der Waals surface area contributed by atoms with Gasteiger partial charge in [-0.15, -0.1) is 11.3 Å². The Labute approximate surface area is 173 Å². The molecular weight excluding hydrogens is 392 g/mol. The van der Waals surface area contributed by atoms with E-state index in [1.807, 2.05) is 26.0 Å². The Morgan fingerprint density at radius 2 is 2.03 bits per heavy atom. The number of methoxy groups -OCH3 is 1. The van der Waals surface area contributed by atoms with Crippen LogP contribution in [0.3, 0.4) is 0 Å². The first-order valence-electron chi connectivity index (χ1n) is 9.34. The van der Waals surface area contributed by atoms with Gasteiger partial charge in [0.2, 0.25) is 5.78 Å². The van der Waals surface area contributed by atoms with E-state index < -0.39 is 23.5 Å². The third kappa shape index (κ3) is 3.90.